The Kier molecular flexibility index (Phi) is 7.66. The van der Waals surface area contributed by atoms with Gasteiger partial charge in [0.05, 0.1) is 12.7 Å². The van der Waals surface area contributed by atoms with Gasteiger partial charge in [-0.3, -0.25) is 15.1 Å². The van der Waals surface area contributed by atoms with Gasteiger partial charge in [-0.1, -0.05) is 24.3 Å². The van der Waals surface area contributed by atoms with E-state index in [0.29, 0.717) is 23.8 Å². The first-order valence-electron chi connectivity index (χ1n) is 10.6. The Balaban J connectivity index is 1.77. The predicted octanol–water partition coefficient (Wildman–Crippen LogP) is 3.09. The Morgan fingerprint density at radius 3 is 2.66 bits per heavy atom. The Morgan fingerprint density at radius 1 is 1.25 bits per heavy atom. The number of aliphatic imine (C=N–C) groups is 1. The highest BCUT2D eigenvalue weighted by atomic mass is 19.1. The number of para-hydroxylation sites is 1. The number of carbonyl (C=O) groups excluding carboxylic acids is 1. The van der Waals surface area contributed by atoms with E-state index in [9.17, 15) is 9.18 Å². The standard InChI is InChI=1S/C24H28FN5O2/c1-27-23(29-16-26)30-19-10-12-24(13-11-19,17-6-5-7-18(25)14-17)15-28-22(31)20-8-3-4-9-21(20)32-2/h3-9,14,19H,10-13,15H2,1-2H3,(H,28,31)(H2,27,29,30). The summed E-state index contributed by atoms with van der Waals surface area (Å²) in [6.07, 6.45) is 4.92. The second kappa shape index (κ2) is 10.6. The Bertz CT molecular complexity index is 1010. The number of nitriles is 1. The van der Waals surface area contributed by atoms with Gasteiger partial charge < -0.3 is 15.4 Å². The lowest BCUT2D eigenvalue weighted by Crippen LogP contribution is -2.49. The molecule has 0 saturated heterocycles. The zero-order chi connectivity index (χ0) is 23.0. The molecule has 1 aliphatic carbocycles. The maximum absolute atomic E-state index is 14.1. The van der Waals surface area contributed by atoms with Crippen molar-refractivity contribution in [2.24, 2.45) is 4.99 Å². The van der Waals surface area contributed by atoms with Crippen LogP contribution in [0.5, 0.6) is 5.75 Å². The van der Waals surface area contributed by atoms with Crippen molar-refractivity contribution in [3.8, 4) is 11.9 Å². The third kappa shape index (κ3) is 5.35. The summed E-state index contributed by atoms with van der Waals surface area (Å²) in [6.45, 7) is 0.380. The number of nitrogens with one attached hydrogen (secondary N) is 3. The van der Waals surface area contributed by atoms with E-state index in [1.807, 2.05) is 18.3 Å². The molecule has 2 aromatic rings. The molecule has 32 heavy (non-hydrogen) atoms. The summed E-state index contributed by atoms with van der Waals surface area (Å²) < 4.78 is 19.4. The molecule has 168 valence electrons. The average Bonchev–Trinajstić information content (AvgIpc) is 2.83. The highest BCUT2D eigenvalue weighted by Crippen LogP contribution is 2.39. The molecule has 3 rings (SSSR count). The van der Waals surface area contributed by atoms with Crippen molar-refractivity contribution in [1.29, 1.82) is 5.26 Å². The monoisotopic (exact) mass is 437 g/mol. The van der Waals surface area contributed by atoms with E-state index in [1.165, 1.54) is 13.2 Å². The largest absolute Gasteiger partial charge is 0.496 e. The van der Waals surface area contributed by atoms with Gasteiger partial charge in [-0.2, -0.15) is 5.26 Å². The van der Waals surface area contributed by atoms with Gasteiger partial charge in [0, 0.05) is 25.0 Å². The molecule has 3 N–H and O–H groups in total. The second-order valence-electron chi connectivity index (χ2n) is 7.90. The topological polar surface area (TPSA) is 98.5 Å². The number of halogens is 1. The molecule has 0 spiro atoms. The minimum atomic E-state index is -0.399. The van der Waals surface area contributed by atoms with E-state index in [4.69, 9.17) is 10.00 Å². The van der Waals surface area contributed by atoms with Crippen LogP contribution in [0.1, 0.15) is 41.6 Å². The van der Waals surface area contributed by atoms with E-state index in [2.05, 4.69) is 20.9 Å². The molecule has 0 atom stereocenters. The molecule has 1 amide bonds. The molecule has 1 aliphatic rings. The summed E-state index contributed by atoms with van der Waals surface area (Å²) in [7, 11) is 3.14. The Hall–Kier alpha value is -3.60. The third-order valence-electron chi connectivity index (χ3n) is 6.06. The molecule has 0 radical (unpaired) electrons. The van der Waals surface area contributed by atoms with Crippen LogP contribution in [0.15, 0.2) is 53.5 Å². The maximum atomic E-state index is 14.1. The second-order valence-corrected chi connectivity index (χ2v) is 7.90. The van der Waals surface area contributed by atoms with Gasteiger partial charge in [0.2, 0.25) is 5.96 Å². The number of benzene rings is 2. The van der Waals surface area contributed by atoms with Gasteiger partial charge in [-0.15, -0.1) is 0 Å². The number of nitrogens with zero attached hydrogens (tertiary/aromatic N) is 2. The summed E-state index contributed by atoms with van der Waals surface area (Å²) in [4.78, 5) is 16.9. The quantitative estimate of drug-likeness (QED) is 0.279. The number of hydrogen-bond acceptors (Lipinski definition) is 4. The van der Waals surface area contributed by atoms with Gasteiger partial charge in [0.25, 0.3) is 5.91 Å². The molecule has 8 heteroatoms. The van der Waals surface area contributed by atoms with E-state index < -0.39 is 5.41 Å². The number of rotatable bonds is 6. The van der Waals surface area contributed by atoms with Gasteiger partial charge in [0.1, 0.15) is 11.6 Å². The number of amides is 1. The first-order valence-corrected chi connectivity index (χ1v) is 10.6. The van der Waals surface area contributed by atoms with Crippen molar-refractivity contribution in [1.82, 2.24) is 16.0 Å². The number of methoxy groups -OCH3 is 1. The van der Waals surface area contributed by atoms with E-state index in [1.54, 1.807) is 37.4 Å². The zero-order valence-corrected chi connectivity index (χ0v) is 18.3. The minimum Gasteiger partial charge on any atom is -0.496 e. The van der Waals surface area contributed by atoms with Crippen LogP contribution in [0.25, 0.3) is 0 Å². The highest BCUT2D eigenvalue weighted by molar-refractivity contribution is 5.97. The molecule has 0 unspecified atom stereocenters. The van der Waals surface area contributed by atoms with Crippen LogP contribution in [-0.2, 0) is 5.41 Å². The van der Waals surface area contributed by atoms with Crippen molar-refractivity contribution in [3.05, 3.63) is 65.5 Å². The minimum absolute atomic E-state index is 0.126. The van der Waals surface area contributed by atoms with Crippen LogP contribution in [0.3, 0.4) is 0 Å². The lowest BCUT2D eigenvalue weighted by Gasteiger charge is -2.41. The van der Waals surface area contributed by atoms with Crippen molar-refractivity contribution < 1.29 is 13.9 Å². The van der Waals surface area contributed by atoms with Crippen LogP contribution in [0.2, 0.25) is 0 Å². The Morgan fingerprint density at radius 2 is 2.00 bits per heavy atom. The number of ether oxygens (including phenoxy) is 1. The van der Waals surface area contributed by atoms with Gasteiger partial charge in [0.15, 0.2) is 6.19 Å². The zero-order valence-electron chi connectivity index (χ0n) is 18.3. The van der Waals surface area contributed by atoms with Crippen molar-refractivity contribution >= 4 is 11.9 Å². The molecular formula is C24H28FN5O2. The molecule has 2 aromatic carbocycles. The molecule has 1 fully saturated rings. The van der Waals surface area contributed by atoms with Crippen molar-refractivity contribution in [2.75, 3.05) is 20.7 Å². The van der Waals surface area contributed by atoms with E-state index in [-0.39, 0.29) is 17.8 Å². The molecular weight excluding hydrogens is 409 g/mol. The fraction of sp³-hybridized carbons (Fsp3) is 0.375. The van der Waals surface area contributed by atoms with Gasteiger partial charge in [-0.05, 0) is 55.5 Å². The van der Waals surface area contributed by atoms with Gasteiger partial charge in [-0.25, -0.2) is 4.39 Å². The summed E-state index contributed by atoms with van der Waals surface area (Å²) in [5.74, 6) is 0.420. The van der Waals surface area contributed by atoms with Crippen LogP contribution < -0.4 is 20.7 Å². The fourth-order valence-corrected chi connectivity index (χ4v) is 4.28. The van der Waals surface area contributed by atoms with Crippen LogP contribution in [0.4, 0.5) is 4.39 Å². The molecule has 1 saturated carbocycles. The van der Waals surface area contributed by atoms with E-state index in [0.717, 1.165) is 31.2 Å². The third-order valence-corrected chi connectivity index (χ3v) is 6.06. The Labute approximate surface area is 187 Å². The molecule has 7 nitrogen and oxygen atoms in total. The van der Waals surface area contributed by atoms with Crippen LogP contribution in [0, 0.1) is 17.3 Å². The fourth-order valence-electron chi connectivity index (χ4n) is 4.28. The normalized spacial score (nSPS) is 20.7. The highest BCUT2D eigenvalue weighted by Gasteiger charge is 2.38. The molecule has 0 heterocycles. The molecule has 0 aromatic heterocycles. The number of carbonyl (C=O) groups is 1. The lowest BCUT2D eigenvalue weighted by molar-refractivity contribution is 0.0932. The average molecular weight is 438 g/mol. The summed E-state index contributed by atoms with van der Waals surface area (Å²) in [5.41, 5.74) is 0.936. The smallest absolute Gasteiger partial charge is 0.255 e. The van der Waals surface area contributed by atoms with Crippen LogP contribution in [-0.4, -0.2) is 38.6 Å². The van der Waals surface area contributed by atoms with Crippen molar-refractivity contribution in [2.45, 2.75) is 37.1 Å². The van der Waals surface area contributed by atoms with Crippen molar-refractivity contribution in [3.63, 3.8) is 0 Å². The summed E-state index contributed by atoms with van der Waals surface area (Å²) in [6, 6.07) is 13.8. The predicted molar refractivity (Wildman–Crippen MR) is 121 cm³/mol. The maximum Gasteiger partial charge on any atom is 0.255 e. The number of guanidine groups is 1. The lowest BCUT2D eigenvalue weighted by atomic mass is 9.68. The first-order chi connectivity index (χ1) is 15.5. The molecule has 0 bridgehead atoms. The SMILES string of the molecule is CN=C(NC#N)NC1CCC(CNC(=O)c2ccccc2OC)(c2cccc(F)c2)CC1. The van der Waals surface area contributed by atoms with E-state index >= 15 is 0 Å². The molecule has 0 aliphatic heterocycles. The summed E-state index contributed by atoms with van der Waals surface area (Å²) in [5, 5.41) is 17.7. The summed E-state index contributed by atoms with van der Waals surface area (Å²) >= 11 is 0. The van der Waals surface area contributed by atoms with Crippen LogP contribution >= 0.6 is 0 Å². The van der Waals surface area contributed by atoms with Gasteiger partial charge >= 0.3 is 0 Å². The number of hydrogen-bond donors (Lipinski definition) is 3. The first kappa shape index (κ1) is 23.1.